The molecule has 0 radical (unpaired) electrons. The van der Waals surface area contributed by atoms with Gasteiger partial charge in [-0.2, -0.15) is 0 Å². The molecule has 0 spiro atoms. The Kier molecular flexibility index (Phi) is 4.69. The molecule has 1 fully saturated rings. The number of hydrogen-bond donors (Lipinski definition) is 1. The summed E-state index contributed by atoms with van der Waals surface area (Å²) >= 11 is 0. The Balaban J connectivity index is 2.27. The molecule has 1 aliphatic rings. The Labute approximate surface area is 123 Å². The van der Waals surface area contributed by atoms with Crippen molar-refractivity contribution in [2.75, 3.05) is 18.0 Å². The van der Waals surface area contributed by atoms with E-state index in [0.717, 1.165) is 30.5 Å². The zero-order valence-corrected chi connectivity index (χ0v) is 13.4. The van der Waals surface area contributed by atoms with E-state index in [9.17, 15) is 0 Å². The van der Waals surface area contributed by atoms with Crippen molar-refractivity contribution in [3.8, 4) is 0 Å². The highest BCUT2D eigenvalue weighted by Gasteiger charge is 2.23. The third-order valence-corrected chi connectivity index (χ3v) is 4.28. The third-order valence-electron chi connectivity index (χ3n) is 4.28. The quantitative estimate of drug-likeness (QED) is 0.894. The summed E-state index contributed by atoms with van der Waals surface area (Å²) in [7, 11) is 0. The number of anilines is 1. The summed E-state index contributed by atoms with van der Waals surface area (Å²) in [5.41, 5.74) is 8.26. The average Bonchev–Trinajstić information content (AvgIpc) is 2.36. The van der Waals surface area contributed by atoms with Gasteiger partial charge in [-0.05, 0) is 43.4 Å². The first-order valence-corrected chi connectivity index (χ1v) is 7.90. The summed E-state index contributed by atoms with van der Waals surface area (Å²) in [5.74, 6) is 1.96. The molecule has 1 saturated carbocycles. The van der Waals surface area contributed by atoms with E-state index >= 15 is 0 Å². The molecule has 1 aliphatic carbocycles. The van der Waals surface area contributed by atoms with Crippen LogP contribution in [0.25, 0.3) is 0 Å². The first kappa shape index (κ1) is 15.3. The van der Waals surface area contributed by atoms with Gasteiger partial charge < -0.3 is 10.6 Å². The zero-order valence-electron chi connectivity index (χ0n) is 13.4. The minimum atomic E-state index is 0.0653. The molecule has 3 nitrogen and oxygen atoms in total. The molecule has 1 aromatic heterocycles. The second kappa shape index (κ2) is 6.13. The molecule has 0 bridgehead atoms. The fourth-order valence-electron chi connectivity index (χ4n) is 2.61. The maximum absolute atomic E-state index is 5.86. The molecular formula is C17H29N3. The second-order valence-electron chi connectivity index (χ2n) is 7.01. The lowest BCUT2D eigenvalue weighted by Gasteiger charge is -2.33. The lowest BCUT2D eigenvalue weighted by molar-refractivity contribution is 0.318. The van der Waals surface area contributed by atoms with Gasteiger partial charge in [0.05, 0.1) is 0 Å². The molecule has 2 rings (SSSR count). The van der Waals surface area contributed by atoms with Gasteiger partial charge in [-0.25, -0.2) is 4.98 Å². The smallest absolute Gasteiger partial charge is 0.129 e. The highest BCUT2D eigenvalue weighted by atomic mass is 15.2. The molecule has 1 aromatic rings. The number of rotatable bonds is 5. The van der Waals surface area contributed by atoms with Crippen molar-refractivity contribution in [1.29, 1.82) is 0 Å². The minimum Gasteiger partial charge on any atom is -0.357 e. The Morgan fingerprint density at radius 2 is 2.00 bits per heavy atom. The molecule has 0 amide bonds. The molecule has 0 atom stereocenters. The summed E-state index contributed by atoms with van der Waals surface area (Å²) in [5, 5.41) is 0. The first-order valence-electron chi connectivity index (χ1n) is 7.90. The van der Waals surface area contributed by atoms with Crippen LogP contribution >= 0.6 is 0 Å². The second-order valence-corrected chi connectivity index (χ2v) is 7.01. The summed E-state index contributed by atoms with van der Waals surface area (Å²) < 4.78 is 0. The van der Waals surface area contributed by atoms with Crippen molar-refractivity contribution in [2.45, 2.75) is 58.9 Å². The van der Waals surface area contributed by atoms with Gasteiger partial charge in [-0.1, -0.05) is 27.2 Å². The van der Waals surface area contributed by atoms with Gasteiger partial charge in [0.25, 0.3) is 0 Å². The summed E-state index contributed by atoms with van der Waals surface area (Å²) in [6.45, 7) is 11.6. The van der Waals surface area contributed by atoms with E-state index in [0.29, 0.717) is 6.54 Å². The monoisotopic (exact) mass is 275 g/mol. The lowest BCUT2D eigenvalue weighted by Crippen LogP contribution is -2.33. The van der Waals surface area contributed by atoms with Gasteiger partial charge in [-0.3, -0.25) is 0 Å². The van der Waals surface area contributed by atoms with Crippen LogP contribution in [0.2, 0.25) is 0 Å². The number of nitrogens with zero attached hydrogens (tertiary/aromatic N) is 2. The predicted molar refractivity (Wildman–Crippen MR) is 86.1 cm³/mol. The highest BCUT2D eigenvalue weighted by Crippen LogP contribution is 2.30. The molecule has 0 unspecified atom stereocenters. The maximum Gasteiger partial charge on any atom is 0.129 e. The largest absolute Gasteiger partial charge is 0.357 e. The van der Waals surface area contributed by atoms with Gasteiger partial charge in [0.2, 0.25) is 0 Å². The van der Waals surface area contributed by atoms with E-state index in [1.165, 1.54) is 24.8 Å². The van der Waals surface area contributed by atoms with E-state index in [4.69, 9.17) is 10.7 Å². The average molecular weight is 275 g/mol. The van der Waals surface area contributed by atoms with Crippen LogP contribution in [0.4, 0.5) is 5.82 Å². The van der Waals surface area contributed by atoms with Crippen LogP contribution in [0.15, 0.2) is 12.1 Å². The van der Waals surface area contributed by atoms with Crippen LogP contribution < -0.4 is 10.6 Å². The van der Waals surface area contributed by atoms with Gasteiger partial charge in [-0.15, -0.1) is 0 Å². The number of aromatic nitrogens is 1. The van der Waals surface area contributed by atoms with Crippen LogP contribution in [-0.4, -0.2) is 18.1 Å². The molecule has 0 aliphatic heterocycles. The Hall–Kier alpha value is -1.09. The normalized spacial score (nSPS) is 16.1. The molecular weight excluding hydrogens is 246 g/mol. The van der Waals surface area contributed by atoms with Crippen LogP contribution in [0.1, 0.15) is 58.2 Å². The molecule has 1 heterocycles. The van der Waals surface area contributed by atoms with Crippen molar-refractivity contribution in [3.63, 3.8) is 0 Å². The van der Waals surface area contributed by atoms with E-state index in [-0.39, 0.29) is 5.41 Å². The maximum atomic E-state index is 5.86. The zero-order chi connectivity index (χ0) is 14.8. The van der Waals surface area contributed by atoms with E-state index in [1.807, 2.05) is 0 Å². The predicted octanol–water partition coefficient (Wildman–Crippen LogP) is 3.46. The molecule has 3 heteroatoms. The Morgan fingerprint density at radius 1 is 1.30 bits per heavy atom. The van der Waals surface area contributed by atoms with Crippen LogP contribution in [0.5, 0.6) is 0 Å². The summed E-state index contributed by atoms with van der Waals surface area (Å²) in [6.07, 6.45) is 4.14. The fraction of sp³-hybridized carbons (Fsp3) is 0.706. The van der Waals surface area contributed by atoms with Crippen molar-refractivity contribution in [2.24, 2.45) is 11.7 Å². The highest BCUT2D eigenvalue weighted by molar-refractivity contribution is 5.44. The van der Waals surface area contributed by atoms with Crippen LogP contribution in [0, 0.1) is 5.92 Å². The van der Waals surface area contributed by atoms with Crippen molar-refractivity contribution in [3.05, 3.63) is 23.4 Å². The summed E-state index contributed by atoms with van der Waals surface area (Å²) in [6, 6.07) is 4.32. The lowest BCUT2D eigenvalue weighted by atomic mass is 9.85. The topological polar surface area (TPSA) is 42.1 Å². The molecule has 0 saturated heterocycles. The van der Waals surface area contributed by atoms with Gasteiger partial charge in [0.1, 0.15) is 5.82 Å². The van der Waals surface area contributed by atoms with E-state index in [2.05, 4.69) is 44.7 Å². The number of hydrogen-bond acceptors (Lipinski definition) is 3. The van der Waals surface area contributed by atoms with Crippen molar-refractivity contribution in [1.82, 2.24) is 4.98 Å². The van der Waals surface area contributed by atoms with Crippen molar-refractivity contribution >= 4 is 5.82 Å². The standard InChI is InChI=1S/C17H29N3/c1-5-20(12-13-7-6-8-13)16-10-14(11-18)9-15(19-16)17(2,3)4/h9-10,13H,5-8,11-12,18H2,1-4H3. The first-order chi connectivity index (χ1) is 9.44. The summed E-state index contributed by atoms with van der Waals surface area (Å²) in [4.78, 5) is 7.32. The van der Waals surface area contributed by atoms with E-state index < -0.39 is 0 Å². The molecule has 20 heavy (non-hydrogen) atoms. The Bertz CT molecular complexity index is 444. The number of pyridine rings is 1. The molecule has 0 aromatic carbocycles. The van der Waals surface area contributed by atoms with Gasteiger partial charge >= 0.3 is 0 Å². The van der Waals surface area contributed by atoms with Gasteiger partial charge in [0.15, 0.2) is 0 Å². The molecule has 112 valence electrons. The fourth-order valence-corrected chi connectivity index (χ4v) is 2.61. The number of nitrogens with two attached hydrogens (primary N) is 1. The SMILES string of the molecule is CCN(CC1CCC1)c1cc(CN)cc(C(C)(C)C)n1. The Morgan fingerprint density at radius 3 is 2.45 bits per heavy atom. The molecule has 2 N–H and O–H groups in total. The third kappa shape index (κ3) is 3.51. The van der Waals surface area contributed by atoms with Crippen LogP contribution in [-0.2, 0) is 12.0 Å². The minimum absolute atomic E-state index is 0.0653. The van der Waals surface area contributed by atoms with E-state index in [1.54, 1.807) is 0 Å². The van der Waals surface area contributed by atoms with Gasteiger partial charge in [0, 0.05) is 30.7 Å². The van der Waals surface area contributed by atoms with Crippen LogP contribution in [0.3, 0.4) is 0 Å². The van der Waals surface area contributed by atoms with Crippen molar-refractivity contribution < 1.29 is 0 Å².